The smallest absolute Gasteiger partial charge is 0.295 e. The van der Waals surface area contributed by atoms with Crippen LogP contribution in [0.15, 0.2) is 72.3 Å². The monoisotopic (exact) mass is 586 g/mol. The summed E-state index contributed by atoms with van der Waals surface area (Å²) in [6, 6.07) is 19.7. The van der Waals surface area contributed by atoms with Crippen LogP contribution < -0.4 is 14.2 Å². The third kappa shape index (κ3) is 6.68. The van der Waals surface area contributed by atoms with Crippen molar-refractivity contribution in [2.24, 2.45) is 0 Å². The van der Waals surface area contributed by atoms with Gasteiger partial charge in [0.15, 0.2) is 11.5 Å². The van der Waals surface area contributed by atoms with E-state index in [-0.39, 0.29) is 11.3 Å². The van der Waals surface area contributed by atoms with Gasteiger partial charge in [0, 0.05) is 31.7 Å². The van der Waals surface area contributed by atoms with Gasteiger partial charge in [-0.25, -0.2) is 0 Å². The molecule has 0 unspecified atom stereocenters. The number of hydrogen-bond acceptors (Lipinski definition) is 8. The van der Waals surface area contributed by atoms with E-state index < -0.39 is 17.7 Å². The van der Waals surface area contributed by atoms with Crippen molar-refractivity contribution in [1.82, 2.24) is 9.80 Å². The summed E-state index contributed by atoms with van der Waals surface area (Å²) in [5.74, 6) is 0.0817. The van der Waals surface area contributed by atoms with Crippen LogP contribution in [0, 0.1) is 6.92 Å². The molecule has 2 saturated heterocycles. The minimum absolute atomic E-state index is 0.0410. The Balaban J connectivity index is 1.50. The van der Waals surface area contributed by atoms with Crippen molar-refractivity contribution in [3.63, 3.8) is 0 Å². The van der Waals surface area contributed by atoms with E-state index in [0.29, 0.717) is 73.5 Å². The molecule has 226 valence electrons. The summed E-state index contributed by atoms with van der Waals surface area (Å²) in [6.07, 6.45) is 0. The zero-order chi connectivity index (χ0) is 30.3. The summed E-state index contributed by atoms with van der Waals surface area (Å²) < 4.78 is 22.7. The number of methoxy groups -OCH3 is 1. The van der Waals surface area contributed by atoms with Gasteiger partial charge in [-0.2, -0.15) is 0 Å². The summed E-state index contributed by atoms with van der Waals surface area (Å²) in [6.45, 7) is 8.23. The average Bonchev–Trinajstić information content (AvgIpc) is 3.29. The number of carbonyl (C=O) groups excluding carboxylic acids is 2. The number of amides is 1. The van der Waals surface area contributed by atoms with E-state index in [9.17, 15) is 14.7 Å². The molecule has 1 atom stereocenters. The number of aliphatic hydroxyl groups is 1. The van der Waals surface area contributed by atoms with E-state index in [4.69, 9.17) is 18.9 Å². The van der Waals surface area contributed by atoms with Gasteiger partial charge >= 0.3 is 0 Å². The predicted molar refractivity (Wildman–Crippen MR) is 162 cm³/mol. The van der Waals surface area contributed by atoms with Gasteiger partial charge < -0.3 is 29.0 Å². The Morgan fingerprint density at radius 1 is 0.953 bits per heavy atom. The molecule has 3 aromatic carbocycles. The van der Waals surface area contributed by atoms with Crippen LogP contribution in [0.2, 0.25) is 0 Å². The van der Waals surface area contributed by atoms with Crippen LogP contribution >= 0.6 is 0 Å². The quantitative estimate of drug-likeness (QED) is 0.196. The van der Waals surface area contributed by atoms with Gasteiger partial charge in [0.1, 0.15) is 18.1 Å². The SMILES string of the molecule is CCOc1ccc([C@H]2C(=C(O)c3ccc(OCc4ccccc4)cc3C)C(=O)C(=O)N2CCN2CCOCC2)cc1OC. The standard InChI is InChI=1S/C34H38N2O7/c1-4-42-28-13-10-25(21-29(28)40-3)31-30(33(38)34(39)36(31)15-14-35-16-18-41-19-17-35)32(37)27-12-11-26(20-23(27)2)43-22-24-8-6-5-7-9-24/h5-13,20-21,31,37H,4,14-19,22H2,1-3H3/t31-/m0/s1. The second-order valence-corrected chi connectivity index (χ2v) is 10.5. The maximum Gasteiger partial charge on any atom is 0.295 e. The zero-order valence-electron chi connectivity index (χ0n) is 24.9. The van der Waals surface area contributed by atoms with Gasteiger partial charge in [-0.15, -0.1) is 0 Å². The molecule has 2 heterocycles. The number of ether oxygens (including phenoxy) is 4. The summed E-state index contributed by atoms with van der Waals surface area (Å²) >= 11 is 0. The minimum atomic E-state index is -0.806. The minimum Gasteiger partial charge on any atom is -0.507 e. The summed E-state index contributed by atoms with van der Waals surface area (Å²) in [5, 5.41) is 11.7. The highest BCUT2D eigenvalue weighted by molar-refractivity contribution is 6.46. The maximum atomic E-state index is 13.6. The zero-order valence-corrected chi connectivity index (χ0v) is 24.9. The fourth-order valence-electron chi connectivity index (χ4n) is 5.54. The highest BCUT2D eigenvalue weighted by Crippen LogP contribution is 2.42. The fourth-order valence-corrected chi connectivity index (χ4v) is 5.54. The predicted octanol–water partition coefficient (Wildman–Crippen LogP) is 4.74. The second-order valence-electron chi connectivity index (χ2n) is 10.5. The molecular weight excluding hydrogens is 548 g/mol. The van der Waals surface area contributed by atoms with Gasteiger partial charge in [-0.3, -0.25) is 14.5 Å². The number of likely N-dealkylation sites (tertiary alicyclic amines) is 1. The van der Waals surface area contributed by atoms with E-state index in [1.165, 1.54) is 0 Å². The van der Waals surface area contributed by atoms with Crippen molar-refractivity contribution in [1.29, 1.82) is 0 Å². The number of Topliss-reactive ketones (excluding diaryl/α,β-unsaturated/α-hetero) is 1. The van der Waals surface area contributed by atoms with Crippen molar-refractivity contribution < 1.29 is 33.6 Å². The molecule has 9 nitrogen and oxygen atoms in total. The molecule has 0 radical (unpaired) electrons. The van der Waals surface area contributed by atoms with Crippen LogP contribution in [0.25, 0.3) is 5.76 Å². The van der Waals surface area contributed by atoms with Gasteiger partial charge in [-0.1, -0.05) is 36.4 Å². The number of hydrogen-bond donors (Lipinski definition) is 1. The Morgan fingerprint density at radius 3 is 2.42 bits per heavy atom. The topological polar surface area (TPSA) is 97.8 Å². The lowest BCUT2D eigenvalue weighted by atomic mass is 9.93. The lowest BCUT2D eigenvalue weighted by Gasteiger charge is -2.31. The van der Waals surface area contributed by atoms with Crippen LogP contribution in [0.1, 0.15) is 35.2 Å². The first-order valence-corrected chi connectivity index (χ1v) is 14.6. The molecule has 0 bridgehead atoms. The number of nitrogens with zero attached hydrogens (tertiary/aromatic N) is 2. The number of rotatable bonds is 11. The van der Waals surface area contributed by atoms with E-state index in [1.807, 2.05) is 56.3 Å². The van der Waals surface area contributed by atoms with E-state index in [1.54, 1.807) is 36.3 Å². The van der Waals surface area contributed by atoms with Crippen molar-refractivity contribution in [2.75, 3.05) is 53.1 Å². The molecule has 1 N–H and O–H groups in total. The Morgan fingerprint density at radius 2 is 1.72 bits per heavy atom. The van der Waals surface area contributed by atoms with Crippen LogP contribution in [0.5, 0.6) is 17.2 Å². The third-order valence-electron chi connectivity index (χ3n) is 7.81. The molecule has 2 aliphatic rings. The van der Waals surface area contributed by atoms with E-state index >= 15 is 0 Å². The Labute approximate surface area is 252 Å². The number of carbonyl (C=O) groups is 2. The number of morpholine rings is 1. The first-order chi connectivity index (χ1) is 20.9. The molecule has 0 aliphatic carbocycles. The van der Waals surface area contributed by atoms with E-state index in [0.717, 1.165) is 18.7 Å². The summed E-state index contributed by atoms with van der Waals surface area (Å²) in [4.78, 5) is 30.9. The number of aryl methyl sites for hydroxylation is 1. The van der Waals surface area contributed by atoms with Crippen molar-refractivity contribution in [3.05, 3.63) is 94.6 Å². The molecule has 5 rings (SSSR count). The number of aliphatic hydroxyl groups excluding tert-OH is 1. The third-order valence-corrected chi connectivity index (χ3v) is 7.81. The largest absolute Gasteiger partial charge is 0.507 e. The second kappa shape index (κ2) is 13.8. The molecule has 0 spiro atoms. The first-order valence-electron chi connectivity index (χ1n) is 14.6. The Hall–Kier alpha value is -4.34. The van der Waals surface area contributed by atoms with Gasteiger partial charge in [0.25, 0.3) is 11.7 Å². The first kappa shape index (κ1) is 30.1. The summed E-state index contributed by atoms with van der Waals surface area (Å²) in [5.41, 5.74) is 2.89. The lowest BCUT2D eigenvalue weighted by molar-refractivity contribution is -0.140. The lowest BCUT2D eigenvalue weighted by Crippen LogP contribution is -2.42. The van der Waals surface area contributed by atoms with Gasteiger partial charge in [-0.05, 0) is 60.9 Å². The molecule has 0 saturated carbocycles. The molecule has 2 aliphatic heterocycles. The highest BCUT2D eigenvalue weighted by atomic mass is 16.5. The molecule has 0 aromatic heterocycles. The van der Waals surface area contributed by atoms with Crippen LogP contribution in [-0.2, 0) is 20.9 Å². The van der Waals surface area contributed by atoms with Crippen molar-refractivity contribution >= 4 is 17.4 Å². The van der Waals surface area contributed by atoms with Gasteiger partial charge in [0.05, 0.1) is 38.5 Å². The highest BCUT2D eigenvalue weighted by Gasteiger charge is 2.46. The van der Waals surface area contributed by atoms with Crippen LogP contribution in [-0.4, -0.2) is 79.7 Å². The Bertz CT molecular complexity index is 1480. The molecule has 9 heteroatoms. The average molecular weight is 587 g/mol. The molecule has 2 fully saturated rings. The number of benzene rings is 3. The van der Waals surface area contributed by atoms with Crippen LogP contribution in [0.3, 0.4) is 0 Å². The molecular formula is C34H38N2O7. The number of ketones is 1. The van der Waals surface area contributed by atoms with Crippen molar-refractivity contribution in [2.45, 2.75) is 26.5 Å². The fraction of sp³-hybridized carbons (Fsp3) is 0.353. The van der Waals surface area contributed by atoms with Gasteiger partial charge in [0.2, 0.25) is 0 Å². The molecule has 1 amide bonds. The van der Waals surface area contributed by atoms with Crippen molar-refractivity contribution in [3.8, 4) is 17.2 Å². The normalized spacial score (nSPS) is 18.6. The van der Waals surface area contributed by atoms with Crippen LogP contribution in [0.4, 0.5) is 0 Å². The Kier molecular flexibility index (Phi) is 9.64. The molecule has 3 aromatic rings. The summed E-state index contributed by atoms with van der Waals surface area (Å²) in [7, 11) is 1.54. The van der Waals surface area contributed by atoms with E-state index in [2.05, 4.69) is 4.90 Å². The maximum absolute atomic E-state index is 13.6. The molecule has 43 heavy (non-hydrogen) atoms.